The minimum Gasteiger partial charge on any atom is -0.378 e. The van der Waals surface area contributed by atoms with Gasteiger partial charge in [0.15, 0.2) is 0 Å². The summed E-state index contributed by atoms with van der Waals surface area (Å²) in [7, 11) is 0. The van der Waals surface area contributed by atoms with Crippen molar-refractivity contribution in [2.75, 3.05) is 13.2 Å². The highest BCUT2D eigenvalue weighted by Crippen LogP contribution is 2.21. The van der Waals surface area contributed by atoms with Crippen molar-refractivity contribution < 1.29 is 9.47 Å². The Balaban J connectivity index is 1.90. The standard InChI is InChI=1S/C11H12ClIO2/c12-9-4-2-1-3-8(9)5-15-11-7-14-6-10(11)13/h1-4,10-11H,5-7H2. The van der Waals surface area contributed by atoms with E-state index >= 15 is 0 Å². The number of rotatable bonds is 3. The molecular weight excluding hydrogens is 326 g/mol. The summed E-state index contributed by atoms with van der Waals surface area (Å²) in [6, 6.07) is 7.76. The molecule has 1 fully saturated rings. The fourth-order valence-electron chi connectivity index (χ4n) is 1.47. The Morgan fingerprint density at radius 2 is 2.20 bits per heavy atom. The van der Waals surface area contributed by atoms with Crippen LogP contribution < -0.4 is 0 Å². The SMILES string of the molecule is Clc1ccccc1COC1COCC1I. The molecule has 0 N–H and O–H groups in total. The molecule has 2 unspecified atom stereocenters. The minimum absolute atomic E-state index is 0.196. The average Bonchev–Trinajstić information content (AvgIpc) is 2.63. The molecule has 0 saturated carbocycles. The lowest BCUT2D eigenvalue weighted by atomic mass is 10.2. The number of benzene rings is 1. The van der Waals surface area contributed by atoms with Gasteiger partial charge < -0.3 is 9.47 Å². The largest absolute Gasteiger partial charge is 0.378 e. The molecule has 0 bridgehead atoms. The molecule has 82 valence electrons. The van der Waals surface area contributed by atoms with Crippen LogP contribution >= 0.6 is 34.2 Å². The summed E-state index contributed by atoms with van der Waals surface area (Å²) >= 11 is 8.40. The van der Waals surface area contributed by atoms with Crippen molar-refractivity contribution in [3.05, 3.63) is 34.9 Å². The first-order valence-electron chi connectivity index (χ1n) is 4.84. The molecule has 0 amide bonds. The Morgan fingerprint density at radius 3 is 2.87 bits per heavy atom. The van der Waals surface area contributed by atoms with E-state index < -0.39 is 0 Å². The van der Waals surface area contributed by atoms with Crippen molar-refractivity contribution in [1.82, 2.24) is 0 Å². The first-order chi connectivity index (χ1) is 7.27. The molecule has 2 rings (SSSR count). The predicted molar refractivity (Wildman–Crippen MR) is 68.7 cm³/mol. The van der Waals surface area contributed by atoms with Crippen LogP contribution in [-0.2, 0) is 16.1 Å². The Hall–Kier alpha value is 0.160. The van der Waals surface area contributed by atoms with Crippen LogP contribution in [-0.4, -0.2) is 23.2 Å². The monoisotopic (exact) mass is 338 g/mol. The van der Waals surface area contributed by atoms with Gasteiger partial charge in [-0.3, -0.25) is 0 Å². The second-order valence-electron chi connectivity index (χ2n) is 3.49. The zero-order valence-electron chi connectivity index (χ0n) is 8.16. The molecule has 0 aliphatic carbocycles. The number of hydrogen-bond donors (Lipinski definition) is 0. The Bertz CT molecular complexity index is 332. The Morgan fingerprint density at radius 1 is 1.40 bits per heavy atom. The predicted octanol–water partition coefficient (Wildman–Crippen LogP) is 3.06. The van der Waals surface area contributed by atoms with Gasteiger partial charge in [0.05, 0.1) is 29.8 Å². The first-order valence-corrected chi connectivity index (χ1v) is 6.46. The van der Waals surface area contributed by atoms with E-state index in [4.69, 9.17) is 21.1 Å². The molecule has 2 atom stereocenters. The van der Waals surface area contributed by atoms with Gasteiger partial charge in [-0.1, -0.05) is 52.4 Å². The molecule has 1 aromatic carbocycles. The third kappa shape index (κ3) is 3.06. The van der Waals surface area contributed by atoms with E-state index in [2.05, 4.69) is 22.6 Å². The van der Waals surface area contributed by atoms with Crippen LogP contribution in [0.15, 0.2) is 24.3 Å². The van der Waals surface area contributed by atoms with Crippen LogP contribution in [0.2, 0.25) is 5.02 Å². The first kappa shape index (κ1) is 11.6. The highest BCUT2D eigenvalue weighted by Gasteiger charge is 2.26. The minimum atomic E-state index is 0.196. The van der Waals surface area contributed by atoms with Crippen LogP contribution in [0.1, 0.15) is 5.56 Å². The van der Waals surface area contributed by atoms with Gasteiger partial charge in [0.2, 0.25) is 0 Å². The third-order valence-electron chi connectivity index (χ3n) is 2.37. The number of halogens is 2. The maximum Gasteiger partial charge on any atom is 0.0952 e. The van der Waals surface area contributed by atoms with Crippen LogP contribution in [0.25, 0.3) is 0 Å². The van der Waals surface area contributed by atoms with Crippen LogP contribution in [0.5, 0.6) is 0 Å². The maximum atomic E-state index is 6.03. The molecule has 1 aliphatic heterocycles. The van der Waals surface area contributed by atoms with Crippen molar-refractivity contribution in [3.63, 3.8) is 0 Å². The van der Waals surface area contributed by atoms with Gasteiger partial charge in [0.25, 0.3) is 0 Å². The topological polar surface area (TPSA) is 18.5 Å². The zero-order chi connectivity index (χ0) is 10.7. The molecule has 1 aromatic rings. The molecule has 1 heterocycles. The lowest BCUT2D eigenvalue weighted by molar-refractivity contribution is 0.0346. The number of ether oxygens (including phenoxy) is 2. The number of alkyl halides is 1. The zero-order valence-corrected chi connectivity index (χ0v) is 11.1. The van der Waals surface area contributed by atoms with Crippen molar-refractivity contribution >= 4 is 34.2 Å². The Kier molecular flexibility index (Phi) is 4.25. The summed E-state index contributed by atoms with van der Waals surface area (Å²) in [5.41, 5.74) is 1.04. The van der Waals surface area contributed by atoms with Gasteiger partial charge in [-0.05, 0) is 11.6 Å². The van der Waals surface area contributed by atoms with E-state index in [1.165, 1.54) is 0 Å². The van der Waals surface area contributed by atoms with Crippen molar-refractivity contribution in [3.8, 4) is 0 Å². The summed E-state index contributed by atoms with van der Waals surface area (Å²) in [4.78, 5) is 0. The molecule has 0 radical (unpaired) electrons. The van der Waals surface area contributed by atoms with Crippen LogP contribution in [0.3, 0.4) is 0 Å². The fraction of sp³-hybridized carbons (Fsp3) is 0.455. The quantitative estimate of drug-likeness (QED) is 0.623. The Labute approximate surface area is 108 Å². The number of hydrogen-bond acceptors (Lipinski definition) is 2. The van der Waals surface area contributed by atoms with E-state index in [1.54, 1.807) is 0 Å². The van der Waals surface area contributed by atoms with Gasteiger partial charge in [-0.25, -0.2) is 0 Å². The lowest BCUT2D eigenvalue weighted by Gasteiger charge is -2.13. The third-order valence-corrected chi connectivity index (χ3v) is 3.90. The van der Waals surface area contributed by atoms with E-state index in [-0.39, 0.29) is 6.10 Å². The summed E-state index contributed by atoms with van der Waals surface area (Å²) < 4.78 is 11.5. The van der Waals surface area contributed by atoms with Gasteiger partial charge >= 0.3 is 0 Å². The van der Waals surface area contributed by atoms with E-state index in [1.807, 2.05) is 24.3 Å². The fourth-order valence-corrected chi connectivity index (χ4v) is 2.33. The molecule has 1 aliphatic rings. The maximum absolute atomic E-state index is 6.03. The highest BCUT2D eigenvalue weighted by atomic mass is 127. The summed E-state index contributed by atoms with van der Waals surface area (Å²) in [5, 5.41) is 0.765. The second-order valence-corrected chi connectivity index (χ2v) is 5.50. The van der Waals surface area contributed by atoms with Gasteiger partial charge in [-0.15, -0.1) is 0 Å². The molecule has 1 saturated heterocycles. The van der Waals surface area contributed by atoms with Gasteiger partial charge in [0, 0.05) is 5.02 Å². The smallest absolute Gasteiger partial charge is 0.0952 e. The summed E-state index contributed by atoms with van der Waals surface area (Å²) in [6.45, 7) is 2.04. The summed E-state index contributed by atoms with van der Waals surface area (Å²) in [5.74, 6) is 0. The van der Waals surface area contributed by atoms with Crippen molar-refractivity contribution in [2.24, 2.45) is 0 Å². The summed E-state index contributed by atoms with van der Waals surface area (Å²) in [6.07, 6.45) is 0.196. The molecule has 0 spiro atoms. The van der Waals surface area contributed by atoms with E-state index in [0.717, 1.165) is 17.2 Å². The van der Waals surface area contributed by atoms with Crippen molar-refractivity contribution in [2.45, 2.75) is 16.6 Å². The van der Waals surface area contributed by atoms with Crippen molar-refractivity contribution in [1.29, 1.82) is 0 Å². The van der Waals surface area contributed by atoms with E-state index in [0.29, 0.717) is 17.1 Å². The molecule has 2 nitrogen and oxygen atoms in total. The average molecular weight is 339 g/mol. The van der Waals surface area contributed by atoms with Crippen LogP contribution in [0.4, 0.5) is 0 Å². The van der Waals surface area contributed by atoms with Crippen LogP contribution in [0, 0.1) is 0 Å². The molecule has 0 aromatic heterocycles. The highest BCUT2D eigenvalue weighted by molar-refractivity contribution is 14.1. The lowest BCUT2D eigenvalue weighted by Crippen LogP contribution is -2.21. The second kappa shape index (κ2) is 5.48. The molecular formula is C11H12ClIO2. The normalized spacial score (nSPS) is 25.7. The van der Waals surface area contributed by atoms with E-state index in [9.17, 15) is 0 Å². The van der Waals surface area contributed by atoms with Gasteiger partial charge in [-0.2, -0.15) is 0 Å². The molecule has 4 heteroatoms. The van der Waals surface area contributed by atoms with Gasteiger partial charge in [0.1, 0.15) is 0 Å². The molecule has 15 heavy (non-hydrogen) atoms.